The van der Waals surface area contributed by atoms with Gasteiger partial charge in [-0.15, -0.1) is 0 Å². The van der Waals surface area contributed by atoms with E-state index in [1.165, 1.54) is 37.3 Å². The number of nitrogens with one attached hydrogen (secondary N) is 1. The molecule has 4 nitrogen and oxygen atoms in total. The summed E-state index contributed by atoms with van der Waals surface area (Å²) in [5.41, 5.74) is -4.78. The van der Waals surface area contributed by atoms with Crippen LogP contribution in [0.25, 0.3) is 11.1 Å². The van der Waals surface area contributed by atoms with E-state index in [9.17, 15) is 41.7 Å². The zero-order valence-electron chi connectivity index (χ0n) is 20.1. The lowest BCUT2D eigenvalue weighted by Crippen LogP contribution is -2.55. The number of benzene rings is 3. The average molecular weight is 528 g/mol. The van der Waals surface area contributed by atoms with Crippen LogP contribution in [-0.4, -0.2) is 27.7 Å². The van der Waals surface area contributed by atoms with Crippen LogP contribution in [0.3, 0.4) is 0 Å². The fraction of sp³-hybridized carbons (Fsp3) is 0.333. The summed E-state index contributed by atoms with van der Waals surface area (Å²) in [4.78, 5) is 0. The van der Waals surface area contributed by atoms with Gasteiger partial charge in [-0.3, -0.25) is 0 Å². The van der Waals surface area contributed by atoms with Gasteiger partial charge in [0.2, 0.25) is 0 Å². The molecule has 10 heteroatoms. The third kappa shape index (κ3) is 5.52. The van der Waals surface area contributed by atoms with Crippen LogP contribution in [0, 0.1) is 13.8 Å². The normalized spacial score (nSPS) is 12.7. The maximum atomic E-state index is 14.1. The molecule has 3 aromatic rings. The van der Waals surface area contributed by atoms with Crippen LogP contribution in [0.15, 0.2) is 54.6 Å². The Morgan fingerprint density at radius 2 is 1.35 bits per heavy atom. The molecule has 37 heavy (non-hydrogen) atoms. The van der Waals surface area contributed by atoms with Crippen molar-refractivity contribution in [2.45, 2.75) is 58.1 Å². The molecule has 4 N–H and O–H groups in total. The Kier molecular flexibility index (Phi) is 8.38. The zero-order valence-corrected chi connectivity index (χ0v) is 20.1. The van der Waals surface area contributed by atoms with Gasteiger partial charge in [-0.05, 0) is 58.4 Å². The molecule has 0 amide bonds. The molecule has 0 fully saturated rings. The SMILES string of the molecule is Cc1cc(-c2ccccc2)c(C(O)(C(F)(F)F)C(F)(F)F)c(CNCc2ccc(CO)c(CO)c2)c1C. The van der Waals surface area contributed by atoms with E-state index in [0.717, 1.165) is 0 Å². The highest BCUT2D eigenvalue weighted by atomic mass is 19.4. The first-order chi connectivity index (χ1) is 17.3. The summed E-state index contributed by atoms with van der Waals surface area (Å²) in [5, 5.41) is 32.2. The van der Waals surface area contributed by atoms with Crippen LogP contribution in [0.4, 0.5) is 26.3 Å². The molecule has 0 radical (unpaired) electrons. The molecule has 0 spiro atoms. The number of aliphatic hydroxyl groups is 3. The Hall–Kier alpha value is -2.92. The van der Waals surface area contributed by atoms with Gasteiger partial charge in [-0.25, -0.2) is 0 Å². The number of rotatable bonds is 8. The summed E-state index contributed by atoms with van der Waals surface area (Å²) in [5.74, 6) is 0. The minimum atomic E-state index is -6.05. The summed E-state index contributed by atoms with van der Waals surface area (Å²) in [6.45, 7) is 1.98. The quantitative estimate of drug-likeness (QED) is 0.290. The van der Waals surface area contributed by atoms with Crippen LogP contribution in [0.5, 0.6) is 0 Å². The molecule has 0 unspecified atom stereocenters. The minimum Gasteiger partial charge on any atom is -0.392 e. The van der Waals surface area contributed by atoms with Crippen LogP contribution in [0.2, 0.25) is 0 Å². The van der Waals surface area contributed by atoms with Gasteiger partial charge in [0.05, 0.1) is 13.2 Å². The second-order valence-corrected chi connectivity index (χ2v) is 8.81. The van der Waals surface area contributed by atoms with E-state index >= 15 is 0 Å². The maximum Gasteiger partial charge on any atom is 0.430 e. The summed E-state index contributed by atoms with van der Waals surface area (Å²) in [6, 6.07) is 13.3. The van der Waals surface area contributed by atoms with Crippen molar-refractivity contribution in [1.82, 2.24) is 5.32 Å². The number of hydrogen-bond acceptors (Lipinski definition) is 4. The van der Waals surface area contributed by atoms with E-state index in [1.807, 2.05) is 0 Å². The Balaban J connectivity index is 2.17. The van der Waals surface area contributed by atoms with Crippen molar-refractivity contribution in [2.24, 2.45) is 0 Å². The lowest BCUT2D eigenvalue weighted by molar-refractivity contribution is -0.376. The van der Waals surface area contributed by atoms with Crippen LogP contribution in [-0.2, 0) is 31.9 Å². The fourth-order valence-electron chi connectivity index (χ4n) is 4.33. The van der Waals surface area contributed by atoms with E-state index in [4.69, 9.17) is 0 Å². The van der Waals surface area contributed by atoms with E-state index in [-0.39, 0.29) is 42.0 Å². The molecule has 0 atom stereocenters. The van der Waals surface area contributed by atoms with Crippen molar-refractivity contribution in [1.29, 1.82) is 0 Å². The third-order valence-electron chi connectivity index (χ3n) is 6.49. The van der Waals surface area contributed by atoms with Crippen molar-refractivity contribution in [3.63, 3.8) is 0 Å². The topological polar surface area (TPSA) is 72.7 Å². The van der Waals surface area contributed by atoms with Gasteiger partial charge in [0.1, 0.15) is 0 Å². The van der Waals surface area contributed by atoms with Gasteiger partial charge in [0.25, 0.3) is 5.60 Å². The van der Waals surface area contributed by atoms with Crippen molar-refractivity contribution in [2.75, 3.05) is 0 Å². The molecule has 0 bridgehead atoms. The van der Waals surface area contributed by atoms with Gasteiger partial charge in [0, 0.05) is 18.7 Å². The molecule has 0 aliphatic rings. The Bertz CT molecular complexity index is 1230. The first kappa shape index (κ1) is 28.6. The van der Waals surface area contributed by atoms with Crippen LogP contribution < -0.4 is 5.32 Å². The first-order valence-corrected chi connectivity index (χ1v) is 11.3. The van der Waals surface area contributed by atoms with Crippen molar-refractivity contribution < 1.29 is 41.7 Å². The molecular weight excluding hydrogens is 500 g/mol. The molecule has 0 heterocycles. The molecule has 0 aliphatic carbocycles. The van der Waals surface area contributed by atoms with Gasteiger partial charge in [0.15, 0.2) is 0 Å². The van der Waals surface area contributed by atoms with E-state index in [0.29, 0.717) is 22.3 Å². The lowest BCUT2D eigenvalue weighted by Gasteiger charge is -2.36. The van der Waals surface area contributed by atoms with E-state index in [1.54, 1.807) is 31.2 Å². The Labute approximate surface area is 210 Å². The second kappa shape index (κ2) is 10.8. The van der Waals surface area contributed by atoms with Crippen molar-refractivity contribution in [3.05, 3.63) is 93.5 Å². The summed E-state index contributed by atoms with van der Waals surface area (Å²) in [6.07, 6.45) is -12.1. The molecule has 0 aliphatic heterocycles. The van der Waals surface area contributed by atoms with Gasteiger partial charge < -0.3 is 20.6 Å². The molecule has 3 rings (SSSR count). The predicted octanol–water partition coefficient (Wildman–Crippen LogP) is 5.56. The lowest BCUT2D eigenvalue weighted by atomic mass is 9.79. The van der Waals surface area contributed by atoms with Gasteiger partial charge in [-0.2, -0.15) is 26.3 Å². The maximum absolute atomic E-state index is 14.1. The largest absolute Gasteiger partial charge is 0.430 e. The number of aryl methyl sites for hydroxylation is 1. The summed E-state index contributed by atoms with van der Waals surface area (Å²) >= 11 is 0. The van der Waals surface area contributed by atoms with Crippen LogP contribution in [0.1, 0.15) is 38.9 Å². The van der Waals surface area contributed by atoms with E-state index in [2.05, 4.69) is 5.32 Å². The first-order valence-electron chi connectivity index (χ1n) is 11.3. The number of alkyl halides is 6. The Morgan fingerprint density at radius 3 is 1.89 bits per heavy atom. The molecule has 3 aromatic carbocycles. The minimum absolute atomic E-state index is 0.0443. The molecule has 0 saturated carbocycles. The van der Waals surface area contributed by atoms with E-state index < -0.39 is 30.1 Å². The standard InChI is InChI=1S/C27H27F6NO3/c1-16-10-22(19-6-4-3-5-7-19)24(25(37,26(28,29)30)27(31,32)33)23(17(16)2)13-34-12-18-8-9-20(14-35)21(11-18)15-36/h3-11,34-37H,12-15H2,1-2H3. The number of aliphatic hydroxyl groups excluding tert-OH is 2. The zero-order chi connectivity index (χ0) is 27.6. The highest BCUT2D eigenvalue weighted by Crippen LogP contribution is 2.54. The van der Waals surface area contributed by atoms with Gasteiger partial charge in [-0.1, -0.05) is 54.6 Å². The second-order valence-electron chi connectivity index (χ2n) is 8.81. The fourth-order valence-corrected chi connectivity index (χ4v) is 4.33. The summed E-state index contributed by atoms with van der Waals surface area (Å²) < 4.78 is 84.6. The molecular formula is C27H27F6NO3. The summed E-state index contributed by atoms with van der Waals surface area (Å²) in [7, 11) is 0. The highest BCUT2D eigenvalue weighted by molar-refractivity contribution is 5.73. The predicted molar refractivity (Wildman–Crippen MR) is 126 cm³/mol. The third-order valence-corrected chi connectivity index (χ3v) is 6.49. The monoisotopic (exact) mass is 527 g/mol. The van der Waals surface area contributed by atoms with Crippen molar-refractivity contribution >= 4 is 0 Å². The van der Waals surface area contributed by atoms with Crippen molar-refractivity contribution in [3.8, 4) is 11.1 Å². The number of hydrogen-bond donors (Lipinski definition) is 4. The Morgan fingerprint density at radius 1 is 0.757 bits per heavy atom. The highest BCUT2D eigenvalue weighted by Gasteiger charge is 2.72. The van der Waals surface area contributed by atoms with Crippen LogP contribution >= 0.6 is 0 Å². The molecule has 0 saturated heterocycles. The average Bonchev–Trinajstić information content (AvgIpc) is 2.84. The molecule has 0 aromatic heterocycles. The van der Waals surface area contributed by atoms with Gasteiger partial charge >= 0.3 is 12.4 Å². The smallest absolute Gasteiger partial charge is 0.392 e. The number of halogens is 6. The molecule has 200 valence electrons.